The van der Waals surface area contributed by atoms with Gasteiger partial charge in [-0.2, -0.15) is 0 Å². The molecule has 2 aliphatic rings. The summed E-state index contributed by atoms with van der Waals surface area (Å²) in [5.74, 6) is 2.19. The van der Waals surface area contributed by atoms with E-state index in [2.05, 4.69) is 49.8 Å². The van der Waals surface area contributed by atoms with E-state index in [1.807, 2.05) is 79.1 Å². The van der Waals surface area contributed by atoms with Crippen LogP contribution in [0.25, 0.3) is 11.4 Å². The number of carboxylic acids is 1. The highest BCUT2D eigenvalue weighted by Crippen LogP contribution is 2.40. The zero-order valence-corrected chi connectivity index (χ0v) is 33.9. The van der Waals surface area contributed by atoms with E-state index in [1.54, 1.807) is 0 Å². The van der Waals surface area contributed by atoms with Crippen molar-refractivity contribution in [2.45, 2.75) is 109 Å². The van der Waals surface area contributed by atoms with Crippen LogP contribution in [-0.2, 0) is 23.1 Å². The number of amides is 1. The van der Waals surface area contributed by atoms with Crippen molar-refractivity contribution in [1.82, 2.24) is 20.6 Å². The summed E-state index contributed by atoms with van der Waals surface area (Å²) in [4.78, 5) is 39.6. The number of piperidine rings is 1. The van der Waals surface area contributed by atoms with Gasteiger partial charge in [0.05, 0.1) is 29.0 Å². The largest absolute Gasteiger partial charge is 0.480 e. The summed E-state index contributed by atoms with van der Waals surface area (Å²) in [6.07, 6.45) is 15.5. The summed E-state index contributed by atoms with van der Waals surface area (Å²) < 4.78 is 0. The molecule has 0 unspecified atom stereocenters. The fourth-order valence-corrected chi connectivity index (χ4v) is 9.34. The lowest BCUT2D eigenvalue weighted by Gasteiger charge is -2.39. The molecule has 1 amide bonds. The monoisotopic (exact) mass is 761 g/mol. The smallest absolute Gasteiger partial charge is 0.326 e. The first-order valence-electron chi connectivity index (χ1n) is 20.3. The Kier molecular flexibility index (Phi) is 13.5. The van der Waals surface area contributed by atoms with Crippen molar-refractivity contribution in [1.29, 1.82) is 0 Å². The molecule has 1 saturated heterocycles. The molecule has 6 rings (SSSR count). The highest BCUT2D eigenvalue weighted by atomic mass is 32.1. The predicted molar refractivity (Wildman–Crippen MR) is 225 cm³/mol. The van der Waals surface area contributed by atoms with Gasteiger partial charge in [-0.15, -0.1) is 11.3 Å². The summed E-state index contributed by atoms with van der Waals surface area (Å²) in [6, 6.07) is 19.9. The number of carbonyl (C=O) groups is 2. The Bertz CT molecular complexity index is 1850. The fourth-order valence-electron chi connectivity index (χ4n) is 8.37. The van der Waals surface area contributed by atoms with Crippen molar-refractivity contribution in [2.24, 2.45) is 17.8 Å². The number of anilines is 1. The summed E-state index contributed by atoms with van der Waals surface area (Å²) in [7, 11) is 0. The lowest BCUT2D eigenvalue weighted by molar-refractivity contribution is -0.139. The number of benzene rings is 2. The Morgan fingerprint density at radius 2 is 1.45 bits per heavy atom. The number of carbonyl (C=O) groups excluding carboxylic acids is 1. The Labute approximate surface area is 331 Å². The summed E-state index contributed by atoms with van der Waals surface area (Å²) in [6.45, 7) is 15.1. The number of aliphatic carboxylic acids is 1. The van der Waals surface area contributed by atoms with Crippen molar-refractivity contribution in [3.8, 4) is 11.4 Å². The van der Waals surface area contributed by atoms with Crippen LogP contribution in [0.1, 0.15) is 105 Å². The molecular formula is C46H59N5O3S. The van der Waals surface area contributed by atoms with Crippen LogP contribution in [0.15, 0.2) is 91.4 Å². The summed E-state index contributed by atoms with van der Waals surface area (Å²) in [5.41, 5.74) is 4.22. The quantitative estimate of drug-likeness (QED) is 0.111. The van der Waals surface area contributed by atoms with E-state index in [0.29, 0.717) is 22.8 Å². The van der Waals surface area contributed by atoms with Crippen LogP contribution in [0, 0.1) is 17.8 Å². The average Bonchev–Trinajstić information content (AvgIpc) is 3.71. The van der Waals surface area contributed by atoms with Crippen molar-refractivity contribution < 1.29 is 14.7 Å². The topological polar surface area (TPSA) is 107 Å². The number of rotatable bonds is 15. The highest BCUT2D eigenvalue weighted by Gasteiger charge is 2.30. The third kappa shape index (κ3) is 10.8. The van der Waals surface area contributed by atoms with E-state index in [0.717, 1.165) is 58.1 Å². The fraction of sp³-hybridized carbons (Fsp3) is 0.478. The van der Waals surface area contributed by atoms with Crippen molar-refractivity contribution >= 4 is 28.9 Å². The number of hydrogen-bond acceptors (Lipinski definition) is 7. The van der Waals surface area contributed by atoms with Crippen LogP contribution in [0.2, 0.25) is 0 Å². The minimum atomic E-state index is -0.983. The van der Waals surface area contributed by atoms with Crippen LogP contribution in [0.3, 0.4) is 0 Å². The molecule has 8 nitrogen and oxygen atoms in total. The molecule has 0 bridgehead atoms. The first-order chi connectivity index (χ1) is 26.5. The van der Waals surface area contributed by atoms with Gasteiger partial charge in [0.1, 0.15) is 6.04 Å². The molecule has 2 aromatic heterocycles. The van der Waals surface area contributed by atoms with Crippen LogP contribution in [0.5, 0.6) is 0 Å². The Morgan fingerprint density at radius 1 is 0.836 bits per heavy atom. The SMILES string of the molecule is C=C(N[C@H](Cc1ccccc1)C(=O)O)[C@H](Cc1ccc(-c2ncc(N3CCC([C@H]4CC[C@H](CCC)CC4)CC3)cn2)cc1)NC(=O)c1ccc(C(C)(C)C)s1. The van der Waals surface area contributed by atoms with Crippen molar-refractivity contribution in [3.05, 3.63) is 112 Å². The van der Waals surface area contributed by atoms with E-state index in [-0.39, 0.29) is 17.7 Å². The lowest BCUT2D eigenvalue weighted by atomic mass is 9.72. The van der Waals surface area contributed by atoms with Gasteiger partial charge in [-0.05, 0) is 78.5 Å². The highest BCUT2D eigenvalue weighted by molar-refractivity contribution is 7.14. The molecule has 0 radical (unpaired) electrons. The van der Waals surface area contributed by atoms with Crippen molar-refractivity contribution in [3.63, 3.8) is 0 Å². The van der Waals surface area contributed by atoms with Gasteiger partial charge in [0, 0.05) is 35.6 Å². The van der Waals surface area contributed by atoms with Gasteiger partial charge in [-0.3, -0.25) is 4.79 Å². The second-order valence-electron chi connectivity index (χ2n) is 16.7. The molecule has 55 heavy (non-hydrogen) atoms. The maximum Gasteiger partial charge on any atom is 0.326 e. The Balaban J connectivity index is 1.09. The van der Waals surface area contributed by atoms with E-state index >= 15 is 0 Å². The number of carboxylic acid groups (broad SMARTS) is 1. The standard InChI is InChI=1S/C46H59N5O3S/c1-6-10-32-13-17-35(18-14-32)36-23-25-51(26-24-36)38-29-47-43(48-30-38)37-19-15-34(16-20-37)27-39(50-44(52)41-21-22-42(55-41)46(3,4)5)31(2)49-40(45(53)54)28-33-11-8-7-9-12-33/h7-9,11-12,15-16,19-22,29-30,32,35-36,39-40,49H,2,6,10,13-14,17-18,23-28H2,1,3-5H3,(H,50,52)(H,53,54)/t32-,35-,39-,40+/m0/s1. The summed E-state index contributed by atoms with van der Waals surface area (Å²) >= 11 is 1.47. The number of hydrogen-bond donors (Lipinski definition) is 3. The van der Waals surface area contributed by atoms with Gasteiger partial charge in [-0.25, -0.2) is 14.8 Å². The predicted octanol–water partition coefficient (Wildman–Crippen LogP) is 9.47. The molecule has 9 heteroatoms. The normalized spacial score (nSPS) is 19.0. The molecular weight excluding hydrogens is 703 g/mol. The van der Waals surface area contributed by atoms with Gasteiger partial charge < -0.3 is 20.6 Å². The molecule has 2 aromatic carbocycles. The molecule has 4 aromatic rings. The van der Waals surface area contributed by atoms with Gasteiger partial charge >= 0.3 is 5.97 Å². The van der Waals surface area contributed by atoms with E-state index in [1.165, 1.54) is 62.7 Å². The third-order valence-corrected chi connectivity index (χ3v) is 13.2. The molecule has 3 N–H and O–H groups in total. The molecule has 2 atom stereocenters. The Morgan fingerprint density at radius 3 is 2.05 bits per heavy atom. The first kappa shape index (κ1) is 40.2. The molecule has 1 aliphatic carbocycles. The third-order valence-electron chi connectivity index (χ3n) is 11.7. The van der Waals surface area contributed by atoms with E-state index in [9.17, 15) is 14.7 Å². The van der Waals surface area contributed by atoms with Crippen LogP contribution in [0.4, 0.5) is 5.69 Å². The van der Waals surface area contributed by atoms with Crippen LogP contribution >= 0.6 is 11.3 Å². The van der Waals surface area contributed by atoms with Crippen LogP contribution in [-0.4, -0.2) is 52.1 Å². The van der Waals surface area contributed by atoms with Gasteiger partial charge in [-0.1, -0.05) is 115 Å². The minimum absolute atomic E-state index is 0.0739. The molecule has 1 aliphatic heterocycles. The zero-order chi connectivity index (χ0) is 39.0. The number of aromatic nitrogens is 2. The number of nitrogens with one attached hydrogen (secondary N) is 2. The van der Waals surface area contributed by atoms with Gasteiger partial charge in [0.15, 0.2) is 5.82 Å². The minimum Gasteiger partial charge on any atom is -0.480 e. The van der Waals surface area contributed by atoms with E-state index < -0.39 is 18.1 Å². The maximum absolute atomic E-state index is 13.6. The van der Waals surface area contributed by atoms with Crippen LogP contribution < -0.4 is 15.5 Å². The lowest BCUT2D eigenvalue weighted by Crippen LogP contribution is -2.46. The maximum atomic E-state index is 13.6. The molecule has 2 fully saturated rings. The van der Waals surface area contributed by atoms with E-state index in [4.69, 9.17) is 9.97 Å². The number of nitrogens with zero attached hydrogens (tertiary/aromatic N) is 3. The second-order valence-corrected chi connectivity index (χ2v) is 17.8. The second kappa shape index (κ2) is 18.4. The molecule has 1 saturated carbocycles. The molecule has 3 heterocycles. The molecule has 0 spiro atoms. The van der Waals surface area contributed by atoms with Gasteiger partial charge in [0.25, 0.3) is 5.91 Å². The number of thiophene rings is 1. The zero-order valence-electron chi connectivity index (χ0n) is 33.1. The van der Waals surface area contributed by atoms with Gasteiger partial charge in [0.2, 0.25) is 0 Å². The van der Waals surface area contributed by atoms with Crippen molar-refractivity contribution in [2.75, 3.05) is 18.0 Å². The Hall–Kier alpha value is -4.50. The first-order valence-corrected chi connectivity index (χ1v) is 21.1. The molecule has 292 valence electrons. The summed E-state index contributed by atoms with van der Waals surface area (Å²) in [5, 5.41) is 16.4. The average molecular weight is 762 g/mol.